The van der Waals surface area contributed by atoms with Gasteiger partial charge in [-0.05, 0) is 55.1 Å². The van der Waals surface area contributed by atoms with Crippen LogP contribution in [0.3, 0.4) is 0 Å². The predicted molar refractivity (Wildman–Crippen MR) is 179 cm³/mol. The number of alkyl carbamates (subject to hydrolysis) is 1. The second kappa shape index (κ2) is 17.0. The normalized spacial score (nSPS) is 29.2. The van der Waals surface area contributed by atoms with E-state index in [2.05, 4.69) is 32.7 Å². The number of benzene rings is 1. The molecule has 4 unspecified atom stereocenters. The van der Waals surface area contributed by atoms with Crippen LogP contribution >= 0.6 is 0 Å². The van der Waals surface area contributed by atoms with Gasteiger partial charge in [-0.15, -0.1) is 0 Å². The van der Waals surface area contributed by atoms with Crippen molar-refractivity contribution >= 4 is 30.0 Å². The maximum atomic E-state index is 13.0. The SMILES string of the molecule is C=C(CCC12OC(C(=O)O)C(O)(C(=O)O)C(C(=O)O)(O1)[C@H](OC(=O)NCCC[C@@H](C)C[C@@H](C)CC)[C@H]2O)[C@@H](OC(C)=O)[C@H](C)Cc1ccccc1. The van der Waals surface area contributed by atoms with Crippen molar-refractivity contribution in [2.24, 2.45) is 17.8 Å². The minimum atomic E-state index is -3.90. The van der Waals surface area contributed by atoms with Crippen molar-refractivity contribution in [3.05, 3.63) is 48.0 Å². The number of aliphatic hydroxyl groups excluding tert-OH is 1. The Hall–Kier alpha value is -4.05. The van der Waals surface area contributed by atoms with Gasteiger partial charge in [-0.3, -0.25) is 4.79 Å². The smallest absolute Gasteiger partial charge is 0.407 e. The Balaban J connectivity index is 1.92. The van der Waals surface area contributed by atoms with E-state index in [-0.39, 0.29) is 24.5 Å². The maximum absolute atomic E-state index is 13.0. The first kappa shape index (κ1) is 41.4. The van der Waals surface area contributed by atoms with Crippen LogP contribution in [0.5, 0.6) is 0 Å². The first-order valence-corrected chi connectivity index (χ1v) is 17.2. The summed E-state index contributed by atoms with van der Waals surface area (Å²) in [5.41, 5.74) is -6.28. The summed E-state index contributed by atoms with van der Waals surface area (Å²) in [5.74, 6) is -9.44. The van der Waals surface area contributed by atoms with E-state index in [0.717, 1.165) is 24.8 Å². The van der Waals surface area contributed by atoms with Crippen molar-refractivity contribution < 1.29 is 68.5 Å². The maximum Gasteiger partial charge on any atom is 0.407 e. The number of aliphatic carboxylic acids is 3. The summed E-state index contributed by atoms with van der Waals surface area (Å²) in [4.78, 5) is 63.0. The van der Waals surface area contributed by atoms with Crippen LogP contribution in [0, 0.1) is 17.8 Å². The number of esters is 1. The van der Waals surface area contributed by atoms with Gasteiger partial charge in [0.1, 0.15) is 12.2 Å². The average molecular weight is 722 g/mol. The lowest BCUT2D eigenvalue weighted by atomic mass is 9.74. The van der Waals surface area contributed by atoms with Crippen LogP contribution in [0.15, 0.2) is 42.5 Å². The molecule has 15 heteroatoms. The van der Waals surface area contributed by atoms with Crippen LogP contribution in [0.1, 0.15) is 78.7 Å². The molecule has 10 atom stereocenters. The number of nitrogens with one attached hydrogen (secondary N) is 1. The molecular formula is C36H51NO14. The van der Waals surface area contributed by atoms with Gasteiger partial charge < -0.3 is 49.8 Å². The van der Waals surface area contributed by atoms with Crippen LogP contribution in [0.4, 0.5) is 4.79 Å². The van der Waals surface area contributed by atoms with Gasteiger partial charge in [0.05, 0.1) is 0 Å². The molecular weight excluding hydrogens is 670 g/mol. The lowest BCUT2D eigenvalue weighted by Crippen LogP contribution is -2.78. The van der Waals surface area contributed by atoms with Crippen molar-refractivity contribution in [1.29, 1.82) is 0 Å². The van der Waals surface area contributed by atoms with E-state index in [9.17, 15) is 49.5 Å². The number of fused-ring (bicyclic) bond motifs is 2. The minimum Gasteiger partial charge on any atom is -0.479 e. The fourth-order valence-corrected chi connectivity index (χ4v) is 7.07. The summed E-state index contributed by atoms with van der Waals surface area (Å²) in [6.45, 7) is 13.4. The zero-order valence-corrected chi connectivity index (χ0v) is 29.7. The third-order valence-corrected chi connectivity index (χ3v) is 9.89. The Morgan fingerprint density at radius 3 is 2.22 bits per heavy atom. The topological polar surface area (TPSA) is 235 Å². The molecule has 3 rings (SSSR count). The van der Waals surface area contributed by atoms with Gasteiger partial charge in [-0.25, -0.2) is 19.2 Å². The van der Waals surface area contributed by atoms with Crippen LogP contribution in [0.25, 0.3) is 0 Å². The molecule has 0 radical (unpaired) electrons. The van der Waals surface area contributed by atoms with E-state index in [4.69, 9.17) is 18.9 Å². The van der Waals surface area contributed by atoms with Gasteiger partial charge in [-0.1, -0.05) is 71.0 Å². The molecule has 0 saturated carbocycles. The van der Waals surface area contributed by atoms with Gasteiger partial charge in [0.25, 0.3) is 5.60 Å². The highest BCUT2D eigenvalue weighted by atomic mass is 16.8. The molecule has 0 spiro atoms. The number of carboxylic acid groups (broad SMARTS) is 3. The molecule has 2 heterocycles. The molecule has 2 bridgehead atoms. The Kier molecular flexibility index (Phi) is 13.8. The molecule has 2 saturated heterocycles. The van der Waals surface area contributed by atoms with E-state index in [0.29, 0.717) is 24.7 Å². The van der Waals surface area contributed by atoms with Crippen LogP contribution in [0.2, 0.25) is 0 Å². The fraction of sp³-hybridized carbons (Fsp3) is 0.639. The average Bonchev–Trinajstić information content (AvgIpc) is 3.28. The molecule has 0 aliphatic carbocycles. The number of rotatable bonds is 19. The molecule has 1 amide bonds. The second-order valence-corrected chi connectivity index (χ2v) is 13.9. The third kappa shape index (κ3) is 8.71. The summed E-state index contributed by atoms with van der Waals surface area (Å²) in [6, 6.07) is 9.30. The molecule has 15 nitrogen and oxygen atoms in total. The van der Waals surface area contributed by atoms with Gasteiger partial charge in [-0.2, -0.15) is 0 Å². The van der Waals surface area contributed by atoms with Crippen LogP contribution in [-0.4, -0.2) is 103 Å². The number of carbonyl (C=O) groups excluding carboxylic acids is 2. The number of carboxylic acids is 3. The van der Waals surface area contributed by atoms with E-state index >= 15 is 0 Å². The van der Waals surface area contributed by atoms with Crippen LogP contribution < -0.4 is 5.32 Å². The number of ether oxygens (including phenoxy) is 4. The van der Waals surface area contributed by atoms with Crippen LogP contribution in [-0.2, 0) is 44.5 Å². The molecule has 1 aromatic carbocycles. The second-order valence-electron chi connectivity index (χ2n) is 13.9. The lowest BCUT2D eigenvalue weighted by Gasteiger charge is -2.48. The number of hydrogen-bond acceptors (Lipinski definition) is 11. The van der Waals surface area contributed by atoms with Crippen molar-refractivity contribution in [2.75, 3.05) is 6.54 Å². The summed E-state index contributed by atoms with van der Waals surface area (Å²) in [5, 5.41) is 56.1. The Bertz CT molecular complexity index is 1440. The van der Waals surface area contributed by atoms with E-state index < -0.39 is 77.8 Å². The van der Waals surface area contributed by atoms with Crippen molar-refractivity contribution in [3.8, 4) is 0 Å². The van der Waals surface area contributed by atoms with Gasteiger partial charge in [0.2, 0.25) is 17.5 Å². The molecule has 284 valence electrons. The predicted octanol–water partition coefficient (Wildman–Crippen LogP) is 3.29. The highest BCUT2D eigenvalue weighted by molar-refractivity contribution is 5.98. The molecule has 6 N–H and O–H groups in total. The highest BCUT2D eigenvalue weighted by Crippen LogP contribution is 2.55. The summed E-state index contributed by atoms with van der Waals surface area (Å²) in [6.07, 6.45) is -6.89. The Labute approximate surface area is 296 Å². The lowest BCUT2D eigenvalue weighted by molar-refractivity contribution is -0.373. The number of carbonyl (C=O) groups is 5. The summed E-state index contributed by atoms with van der Waals surface area (Å²) >= 11 is 0. The quantitative estimate of drug-likeness (QED) is 0.0684. The molecule has 51 heavy (non-hydrogen) atoms. The molecule has 2 fully saturated rings. The number of aliphatic hydroxyl groups is 2. The van der Waals surface area contributed by atoms with Crippen molar-refractivity contribution in [3.63, 3.8) is 0 Å². The summed E-state index contributed by atoms with van der Waals surface area (Å²) < 4.78 is 22.1. The largest absolute Gasteiger partial charge is 0.479 e. The third-order valence-electron chi connectivity index (χ3n) is 9.89. The zero-order valence-electron chi connectivity index (χ0n) is 29.7. The Morgan fingerprint density at radius 1 is 1.02 bits per heavy atom. The molecule has 1 aromatic rings. The standard InChI is InChI=1S/C36H51NO14/c1-7-20(2)18-21(3)12-11-17-37-33(46)49-28-27(39)34(50-29(30(40)41)35(47,31(42)43)36(28,51-34)32(44)45)16-15-22(4)26(48-24(6)38)23(5)19-25-13-9-8-10-14-25/h8-10,13-14,20-21,23,26-29,39,47H,4,7,11-12,15-19H2,1-3,5-6H3,(H,37,46)(H,40,41)(H,42,43)(H,44,45)/t20-,21+,23+,26+,27+,28+,29?,34?,35?,36?/m0/s1. The Morgan fingerprint density at radius 2 is 1.67 bits per heavy atom. The first-order valence-electron chi connectivity index (χ1n) is 17.2. The van der Waals surface area contributed by atoms with Crippen molar-refractivity contribution in [1.82, 2.24) is 5.32 Å². The molecule has 0 aromatic heterocycles. The number of amides is 1. The highest BCUT2D eigenvalue weighted by Gasteiger charge is 2.86. The fourth-order valence-electron chi connectivity index (χ4n) is 7.07. The number of hydrogen-bond donors (Lipinski definition) is 6. The van der Waals surface area contributed by atoms with E-state index in [1.165, 1.54) is 6.92 Å². The van der Waals surface area contributed by atoms with Crippen molar-refractivity contribution in [2.45, 2.75) is 121 Å². The van der Waals surface area contributed by atoms with E-state index in [1.54, 1.807) is 6.92 Å². The molecule has 2 aliphatic heterocycles. The minimum absolute atomic E-state index is 0.0779. The first-order chi connectivity index (χ1) is 23.9. The van der Waals surface area contributed by atoms with Gasteiger partial charge >= 0.3 is 30.0 Å². The summed E-state index contributed by atoms with van der Waals surface area (Å²) in [7, 11) is 0. The van der Waals surface area contributed by atoms with Gasteiger partial charge in [0.15, 0.2) is 6.10 Å². The van der Waals surface area contributed by atoms with Gasteiger partial charge in [0, 0.05) is 25.8 Å². The van der Waals surface area contributed by atoms with E-state index in [1.807, 2.05) is 30.3 Å². The zero-order chi connectivity index (χ0) is 38.3. The molecule has 2 aliphatic rings. The monoisotopic (exact) mass is 721 g/mol.